The molecule has 0 aliphatic carbocycles. The molecule has 1 aromatic carbocycles. The first-order chi connectivity index (χ1) is 9.38. The lowest BCUT2D eigenvalue weighted by molar-refractivity contribution is 0.0935. The lowest BCUT2D eigenvalue weighted by Gasteiger charge is -2.13. The maximum atomic E-state index is 11.8. The fraction of sp³-hybridized carbons (Fsp3) is 0.167. The number of halogens is 1. The van der Waals surface area contributed by atoms with Crippen LogP contribution in [-0.4, -0.2) is 24.5 Å². The normalized spacial score (nSPS) is 12.9. The summed E-state index contributed by atoms with van der Waals surface area (Å²) in [7, 11) is 1.50. The second-order valence-corrected chi connectivity index (χ2v) is 6.74. The van der Waals surface area contributed by atoms with E-state index in [4.69, 9.17) is 10.7 Å². The fourth-order valence-corrected chi connectivity index (χ4v) is 2.43. The van der Waals surface area contributed by atoms with Crippen molar-refractivity contribution >= 4 is 25.6 Å². The molecule has 0 radical (unpaired) electrons. The second kappa shape index (κ2) is 5.64. The Bertz CT molecular complexity index is 696. The minimum atomic E-state index is -3.73. The Morgan fingerprint density at radius 3 is 2.45 bits per heavy atom. The van der Waals surface area contributed by atoms with Crippen molar-refractivity contribution in [3.05, 3.63) is 47.8 Å². The van der Waals surface area contributed by atoms with Gasteiger partial charge in [0.15, 0.2) is 0 Å². The van der Waals surface area contributed by atoms with Crippen LogP contribution in [0.25, 0.3) is 0 Å². The molecule has 1 unspecified atom stereocenters. The third-order valence-corrected chi connectivity index (χ3v) is 4.12. The van der Waals surface area contributed by atoms with Gasteiger partial charge in [0.2, 0.25) is 0 Å². The highest BCUT2D eigenvalue weighted by Crippen LogP contribution is 2.19. The van der Waals surface area contributed by atoms with Gasteiger partial charge in [-0.15, -0.1) is 0 Å². The summed E-state index contributed by atoms with van der Waals surface area (Å²) in [5, 5.41) is 9.02. The van der Waals surface area contributed by atoms with Gasteiger partial charge < -0.3 is 5.32 Å². The number of carbonyl (C=O) groups is 1. The average molecular weight is 314 g/mol. The molecule has 2 aromatic rings. The van der Waals surface area contributed by atoms with E-state index in [2.05, 4.69) is 15.5 Å². The highest BCUT2D eigenvalue weighted by atomic mass is 35.7. The van der Waals surface area contributed by atoms with E-state index in [1.807, 2.05) is 0 Å². The van der Waals surface area contributed by atoms with Crippen molar-refractivity contribution in [3.8, 4) is 0 Å². The Kier molecular flexibility index (Phi) is 4.10. The van der Waals surface area contributed by atoms with E-state index in [1.54, 1.807) is 25.1 Å². The van der Waals surface area contributed by atoms with Gasteiger partial charge in [-0.3, -0.25) is 9.89 Å². The third-order valence-electron chi connectivity index (χ3n) is 2.75. The number of benzene rings is 1. The van der Waals surface area contributed by atoms with Crippen molar-refractivity contribution in [2.75, 3.05) is 0 Å². The first kappa shape index (κ1) is 14.5. The Morgan fingerprint density at radius 1 is 1.30 bits per heavy atom. The van der Waals surface area contributed by atoms with E-state index in [9.17, 15) is 13.2 Å². The number of hydrogen-bond acceptors (Lipinski definition) is 4. The molecule has 0 saturated heterocycles. The number of aromatic amines is 1. The zero-order chi connectivity index (χ0) is 14.8. The van der Waals surface area contributed by atoms with E-state index >= 15 is 0 Å². The van der Waals surface area contributed by atoms with E-state index in [1.165, 1.54) is 18.3 Å². The molecule has 1 aromatic heterocycles. The van der Waals surface area contributed by atoms with Crippen LogP contribution < -0.4 is 5.32 Å². The second-order valence-electron chi connectivity index (χ2n) is 4.17. The highest BCUT2D eigenvalue weighted by Gasteiger charge is 2.14. The average Bonchev–Trinajstić information content (AvgIpc) is 2.91. The van der Waals surface area contributed by atoms with E-state index in [-0.39, 0.29) is 16.8 Å². The summed E-state index contributed by atoms with van der Waals surface area (Å²) in [5.74, 6) is -0.288. The molecular weight excluding hydrogens is 302 g/mol. The van der Waals surface area contributed by atoms with Crippen LogP contribution >= 0.6 is 10.7 Å². The zero-order valence-electron chi connectivity index (χ0n) is 10.5. The molecule has 6 nitrogen and oxygen atoms in total. The van der Waals surface area contributed by atoms with Crippen LogP contribution in [0, 0.1) is 0 Å². The Balaban J connectivity index is 2.10. The molecule has 0 aliphatic rings. The first-order valence-corrected chi connectivity index (χ1v) is 8.04. The van der Waals surface area contributed by atoms with Gasteiger partial charge in [-0.2, -0.15) is 5.10 Å². The third kappa shape index (κ3) is 3.37. The molecule has 1 atom stereocenters. The van der Waals surface area contributed by atoms with E-state index < -0.39 is 9.05 Å². The van der Waals surface area contributed by atoms with Crippen LogP contribution in [0.3, 0.4) is 0 Å². The van der Waals surface area contributed by atoms with Crippen LogP contribution in [0.15, 0.2) is 41.4 Å². The number of H-pyrrole nitrogens is 1. The van der Waals surface area contributed by atoms with Gasteiger partial charge in [-0.05, 0) is 30.7 Å². The van der Waals surface area contributed by atoms with Crippen molar-refractivity contribution in [1.29, 1.82) is 0 Å². The molecule has 1 heterocycles. The molecular formula is C12H12ClN3O3S. The maximum Gasteiger partial charge on any atom is 0.269 e. The molecule has 106 valence electrons. The summed E-state index contributed by atoms with van der Waals surface area (Å²) in [4.78, 5) is 11.8. The lowest BCUT2D eigenvalue weighted by atomic mass is 10.1. The van der Waals surface area contributed by atoms with Gasteiger partial charge in [-0.1, -0.05) is 12.1 Å². The fourth-order valence-electron chi connectivity index (χ4n) is 1.66. The molecule has 0 aliphatic heterocycles. The van der Waals surface area contributed by atoms with E-state index in [0.29, 0.717) is 5.69 Å². The van der Waals surface area contributed by atoms with Gasteiger partial charge in [0.05, 0.1) is 10.9 Å². The summed E-state index contributed by atoms with van der Waals surface area (Å²) in [6, 6.07) is 7.29. The van der Waals surface area contributed by atoms with Gasteiger partial charge >= 0.3 is 0 Å². The summed E-state index contributed by atoms with van der Waals surface area (Å²) >= 11 is 0. The summed E-state index contributed by atoms with van der Waals surface area (Å²) < 4.78 is 22.3. The number of nitrogens with one attached hydrogen (secondary N) is 2. The molecule has 0 fully saturated rings. The number of carbonyl (C=O) groups excluding carboxylic acids is 1. The van der Waals surface area contributed by atoms with Crippen LogP contribution in [0.2, 0.25) is 0 Å². The van der Waals surface area contributed by atoms with Gasteiger partial charge in [0, 0.05) is 16.9 Å². The quantitative estimate of drug-likeness (QED) is 0.842. The number of rotatable bonds is 4. The van der Waals surface area contributed by atoms with Crippen molar-refractivity contribution in [1.82, 2.24) is 15.5 Å². The molecule has 1 amide bonds. The molecule has 2 rings (SSSR count). The molecule has 0 saturated carbocycles. The predicted octanol–water partition coefficient (Wildman–Crippen LogP) is 1.83. The summed E-state index contributed by atoms with van der Waals surface area (Å²) in [5.41, 5.74) is 1.12. The predicted molar refractivity (Wildman–Crippen MR) is 73.9 cm³/mol. The van der Waals surface area contributed by atoms with Gasteiger partial charge in [0.1, 0.15) is 5.69 Å². The largest absolute Gasteiger partial charge is 0.344 e. The molecule has 2 N–H and O–H groups in total. The van der Waals surface area contributed by atoms with E-state index in [0.717, 1.165) is 5.56 Å². The molecule has 0 bridgehead atoms. The number of hydrogen-bond donors (Lipinski definition) is 2. The lowest BCUT2D eigenvalue weighted by Crippen LogP contribution is -2.26. The van der Waals surface area contributed by atoms with Gasteiger partial charge in [-0.25, -0.2) is 8.42 Å². The summed E-state index contributed by atoms with van der Waals surface area (Å²) in [6.07, 6.45) is 1.49. The van der Waals surface area contributed by atoms with Crippen LogP contribution in [0.5, 0.6) is 0 Å². The molecule has 8 heteroatoms. The van der Waals surface area contributed by atoms with Crippen molar-refractivity contribution in [2.24, 2.45) is 0 Å². The van der Waals surface area contributed by atoms with Crippen LogP contribution in [-0.2, 0) is 9.05 Å². The van der Waals surface area contributed by atoms with Crippen molar-refractivity contribution in [3.63, 3.8) is 0 Å². The van der Waals surface area contributed by atoms with Crippen molar-refractivity contribution < 1.29 is 13.2 Å². The minimum absolute atomic E-state index is 0.0232. The maximum absolute atomic E-state index is 11.8. The van der Waals surface area contributed by atoms with Crippen LogP contribution in [0.4, 0.5) is 0 Å². The highest BCUT2D eigenvalue weighted by molar-refractivity contribution is 8.13. The van der Waals surface area contributed by atoms with Crippen LogP contribution in [0.1, 0.15) is 29.0 Å². The summed E-state index contributed by atoms with van der Waals surface area (Å²) in [6.45, 7) is 1.79. The number of nitrogens with zero attached hydrogens (tertiary/aromatic N) is 1. The Labute approximate surface area is 120 Å². The van der Waals surface area contributed by atoms with Gasteiger partial charge in [0.25, 0.3) is 15.0 Å². The Hall–Kier alpha value is -1.86. The monoisotopic (exact) mass is 313 g/mol. The SMILES string of the molecule is CC(NC(=O)c1ccn[nH]1)c1ccc(S(=O)(=O)Cl)cc1. The molecule has 20 heavy (non-hydrogen) atoms. The minimum Gasteiger partial charge on any atom is -0.344 e. The molecule has 0 spiro atoms. The first-order valence-electron chi connectivity index (χ1n) is 5.73. The standard InChI is InChI=1S/C12H12ClN3O3S/c1-8(15-12(17)11-6-7-14-16-11)9-2-4-10(5-3-9)20(13,18)19/h2-8H,1H3,(H,14,16)(H,15,17). The smallest absolute Gasteiger partial charge is 0.269 e. The number of aromatic nitrogens is 2. The topological polar surface area (TPSA) is 91.9 Å². The Morgan fingerprint density at radius 2 is 1.95 bits per heavy atom. The zero-order valence-corrected chi connectivity index (χ0v) is 12.1. The van der Waals surface area contributed by atoms with Crippen molar-refractivity contribution in [2.45, 2.75) is 17.9 Å². The number of amides is 1.